The van der Waals surface area contributed by atoms with Gasteiger partial charge in [0.1, 0.15) is 0 Å². The second-order valence-electron chi connectivity index (χ2n) is 5.45. The minimum absolute atomic E-state index is 0.0606. The predicted molar refractivity (Wildman–Crippen MR) is 94.2 cm³/mol. The molecule has 2 aromatic rings. The zero-order chi connectivity index (χ0) is 18.0. The van der Waals surface area contributed by atoms with Crippen molar-refractivity contribution in [2.24, 2.45) is 0 Å². The van der Waals surface area contributed by atoms with E-state index in [1.807, 2.05) is 0 Å². The monoisotopic (exact) mass is 387 g/mol. The first-order chi connectivity index (χ1) is 11.1. The number of sulfone groups is 1. The Labute approximate surface area is 150 Å². The van der Waals surface area contributed by atoms with Gasteiger partial charge in [0.05, 0.1) is 10.6 Å². The van der Waals surface area contributed by atoms with Gasteiger partial charge in [-0.2, -0.15) is 0 Å². The molecule has 0 saturated carbocycles. The van der Waals surface area contributed by atoms with Gasteiger partial charge in [-0.3, -0.25) is 4.79 Å². The standard InChI is InChI=1S/C16H15Cl2NO4S/c1-16(21,15(20)19-13-7-5-11(17)6-8-13)10-24(22,23)14-4-2-3-12(18)9-14/h2-9,21H,10H2,1H3,(H,19,20). The molecule has 0 aromatic heterocycles. The Morgan fingerprint density at radius 3 is 2.33 bits per heavy atom. The fourth-order valence-corrected chi connectivity index (χ4v) is 3.99. The lowest BCUT2D eigenvalue weighted by molar-refractivity contribution is -0.130. The van der Waals surface area contributed by atoms with Crippen LogP contribution in [0.3, 0.4) is 0 Å². The molecular weight excluding hydrogens is 373 g/mol. The molecule has 5 nitrogen and oxygen atoms in total. The van der Waals surface area contributed by atoms with Crippen LogP contribution in [-0.4, -0.2) is 30.8 Å². The van der Waals surface area contributed by atoms with Crippen LogP contribution in [-0.2, 0) is 14.6 Å². The highest BCUT2D eigenvalue weighted by Gasteiger charge is 2.36. The summed E-state index contributed by atoms with van der Waals surface area (Å²) in [5, 5.41) is 13.5. The average molecular weight is 388 g/mol. The third-order valence-electron chi connectivity index (χ3n) is 3.22. The van der Waals surface area contributed by atoms with Gasteiger partial charge in [0.25, 0.3) is 5.91 Å². The smallest absolute Gasteiger partial charge is 0.257 e. The van der Waals surface area contributed by atoms with E-state index < -0.39 is 27.1 Å². The molecule has 1 amide bonds. The summed E-state index contributed by atoms with van der Waals surface area (Å²) < 4.78 is 24.8. The molecule has 0 aliphatic carbocycles. The normalized spacial score (nSPS) is 14.0. The van der Waals surface area contributed by atoms with E-state index in [0.29, 0.717) is 10.7 Å². The van der Waals surface area contributed by atoms with Gasteiger partial charge in [0, 0.05) is 15.7 Å². The van der Waals surface area contributed by atoms with Crippen molar-refractivity contribution in [3.63, 3.8) is 0 Å². The summed E-state index contributed by atoms with van der Waals surface area (Å²) in [6.45, 7) is 1.14. The number of anilines is 1. The second-order valence-corrected chi connectivity index (χ2v) is 8.31. The van der Waals surface area contributed by atoms with E-state index in [-0.39, 0.29) is 9.92 Å². The zero-order valence-electron chi connectivity index (χ0n) is 12.7. The van der Waals surface area contributed by atoms with Gasteiger partial charge in [-0.25, -0.2) is 8.42 Å². The van der Waals surface area contributed by atoms with Crippen LogP contribution < -0.4 is 5.32 Å². The lowest BCUT2D eigenvalue weighted by Gasteiger charge is -2.22. The summed E-state index contributed by atoms with van der Waals surface area (Å²) in [6.07, 6.45) is 0. The molecule has 0 fully saturated rings. The lowest BCUT2D eigenvalue weighted by Crippen LogP contribution is -2.45. The van der Waals surface area contributed by atoms with Crippen LogP contribution in [0.2, 0.25) is 10.0 Å². The van der Waals surface area contributed by atoms with Crippen molar-refractivity contribution in [3.8, 4) is 0 Å². The minimum Gasteiger partial charge on any atom is -0.379 e. The number of halogens is 2. The molecule has 0 radical (unpaired) electrons. The van der Waals surface area contributed by atoms with E-state index >= 15 is 0 Å². The van der Waals surface area contributed by atoms with Crippen molar-refractivity contribution < 1.29 is 18.3 Å². The number of hydrogen-bond acceptors (Lipinski definition) is 4. The number of nitrogens with one attached hydrogen (secondary N) is 1. The molecule has 0 heterocycles. The molecule has 0 saturated heterocycles. The largest absolute Gasteiger partial charge is 0.379 e. The third-order valence-corrected chi connectivity index (χ3v) is 5.62. The second kappa shape index (κ2) is 7.11. The molecule has 128 valence electrons. The fraction of sp³-hybridized carbons (Fsp3) is 0.188. The van der Waals surface area contributed by atoms with Crippen LogP contribution in [0.1, 0.15) is 6.92 Å². The Kier molecular flexibility index (Phi) is 5.55. The van der Waals surface area contributed by atoms with Crippen LogP contribution in [0, 0.1) is 0 Å². The van der Waals surface area contributed by atoms with Gasteiger partial charge in [0.2, 0.25) is 0 Å². The quantitative estimate of drug-likeness (QED) is 0.824. The van der Waals surface area contributed by atoms with Crippen LogP contribution in [0.5, 0.6) is 0 Å². The van der Waals surface area contributed by atoms with Crippen molar-refractivity contribution in [3.05, 3.63) is 58.6 Å². The molecule has 0 aliphatic heterocycles. The molecule has 2 rings (SSSR count). The fourth-order valence-electron chi connectivity index (χ4n) is 1.98. The van der Waals surface area contributed by atoms with Gasteiger partial charge >= 0.3 is 0 Å². The lowest BCUT2D eigenvalue weighted by atomic mass is 10.1. The number of carbonyl (C=O) groups excluding carboxylic acids is 1. The van der Waals surface area contributed by atoms with Crippen molar-refractivity contribution in [1.29, 1.82) is 0 Å². The first-order valence-electron chi connectivity index (χ1n) is 6.88. The third kappa shape index (κ3) is 4.70. The molecule has 8 heteroatoms. The minimum atomic E-state index is -3.90. The molecule has 2 aromatic carbocycles. The maximum absolute atomic E-state index is 12.4. The Morgan fingerprint density at radius 1 is 1.12 bits per heavy atom. The molecule has 24 heavy (non-hydrogen) atoms. The van der Waals surface area contributed by atoms with Crippen molar-refractivity contribution in [1.82, 2.24) is 0 Å². The van der Waals surface area contributed by atoms with Crippen LogP contribution in [0.4, 0.5) is 5.69 Å². The Balaban J connectivity index is 2.17. The van der Waals surface area contributed by atoms with E-state index in [9.17, 15) is 18.3 Å². The summed E-state index contributed by atoms with van der Waals surface area (Å²) in [7, 11) is -3.90. The zero-order valence-corrected chi connectivity index (χ0v) is 15.0. The number of amides is 1. The van der Waals surface area contributed by atoms with Crippen molar-refractivity contribution in [2.45, 2.75) is 17.4 Å². The molecule has 0 aliphatic rings. The highest BCUT2D eigenvalue weighted by molar-refractivity contribution is 7.91. The van der Waals surface area contributed by atoms with Crippen molar-refractivity contribution >= 4 is 44.6 Å². The number of benzene rings is 2. The number of hydrogen-bond donors (Lipinski definition) is 2. The van der Waals surface area contributed by atoms with Crippen LogP contribution in [0.25, 0.3) is 0 Å². The first-order valence-corrected chi connectivity index (χ1v) is 9.29. The van der Waals surface area contributed by atoms with Crippen LogP contribution in [0.15, 0.2) is 53.4 Å². The van der Waals surface area contributed by atoms with Crippen LogP contribution >= 0.6 is 23.2 Å². The molecule has 1 atom stereocenters. The summed E-state index contributed by atoms with van der Waals surface area (Å²) >= 11 is 11.5. The Morgan fingerprint density at radius 2 is 1.75 bits per heavy atom. The van der Waals surface area contributed by atoms with Crippen molar-refractivity contribution in [2.75, 3.05) is 11.1 Å². The number of carbonyl (C=O) groups is 1. The summed E-state index contributed by atoms with van der Waals surface area (Å²) in [5.74, 6) is -1.62. The maximum atomic E-state index is 12.4. The van der Waals surface area contributed by atoms with Gasteiger partial charge < -0.3 is 10.4 Å². The Hall–Kier alpha value is -1.60. The van der Waals surface area contributed by atoms with E-state index in [0.717, 1.165) is 6.92 Å². The molecule has 1 unspecified atom stereocenters. The summed E-state index contributed by atoms with van der Waals surface area (Å²) in [6, 6.07) is 11.9. The first kappa shape index (κ1) is 18.7. The summed E-state index contributed by atoms with van der Waals surface area (Å²) in [4.78, 5) is 12.1. The number of rotatable bonds is 5. The highest BCUT2D eigenvalue weighted by atomic mass is 35.5. The van der Waals surface area contributed by atoms with Gasteiger partial charge in [-0.05, 0) is 49.4 Å². The SMILES string of the molecule is CC(O)(CS(=O)(=O)c1cccc(Cl)c1)C(=O)Nc1ccc(Cl)cc1. The van der Waals surface area contributed by atoms with E-state index in [1.54, 1.807) is 24.3 Å². The van der Waals surface area contributed by atoms with Gasteiger partial charge in [-0.15, -0.1) is 0 Å². The highest BCUT2D eigenvalue weighted by Crippen LogP contribution is 2.22. The molecule has 0 spiro atoms. The molecular formula is C16H15Cl2NO4S. The average Bonchev–Trinajstić information content (AvgIpc) is 2.48. The molecule has 2 N–H and O–H groups in total. The maximum Gasteiger partial charge on any atom is 0.257 e. The predicted octanol–water partition coefficient (Wildman–Crippen LogP) is 3.16. The topological polar surface area (TPSA) is 83.5 Å². The van der Waals surface area contributed by atoms with Gasteiger partial charge in [0.15, 0.2) is 15.4 Å². The summed E-state index contributed by atoms with van der Waals surface area (Å²) in [5.41, 5.74) is -1.73. The van der Waals surface area contributed by atoms with E-state index in [4.69, 9.17) is 23.2 Å². The van der Waals surface area contributed by atoms with Gasteiger partial charge in [-0.1, -0.05) is 29.3 Å². The van der Waals surface area contributed by atoms with E-state index in [2.05, 4.69) is 5.32 Å². The number of aliphatic hydroxyl groups is 1. The van der Waals surface area contributed by atoms with E-state index in [1.165, 1.54) is 24.3 Å². The Bertz CT molecular complexity index is 849. The molecule has 0 bridgehead atoms.